The van der Waals surface area contributed by atoms with Crippen molar-refractivity contribution in [3.63, 3.8) is 0 Å². The summed E-state index contributed by atoms with van der Waals surface area (Å²) in [5.41, 5.74) is -8.09. The van der Waals surface area contributed by atoms with Gasteiger partial charge in [0.1, 0.15) is 28.1 Å². The van der Waals surface area contributed by atoms with Gasteiger partial charge in [0.25, 0.3) is 0 Å². The third kappa shape index (κ3) is 9.25. The van der Waals surface area contributed by atoms with Gasteiger partial charge in [0.2, 0.25) is 16.6 Å². The first-order chi connectivity index (χ1) is 42.3. The zero-order valence-corrected chi connectivity index (χ0v) is 50.7. The Hall–Kier alpha value is -7.54. The fourth-order valence-electron chi connectivity index (χ4n) is 16.7. The number of anilines is 2. The van der Waals surface area contributed by atoms with Gasteiger partial charge in [-0.1, -0.05) is 25.5 Å². The molecule has 0 radical (unpaired) electrons. The number of aromatic carboxylic acids is 1. The zero-order chi connectivity index (χ0) is 63.3. The van der Waals surface area contributed by atoms with Crippen LogP contribution in [0.3, 0.4) is 0 Å². The average Bonchev–Trinajstić information content (AvgIpc) is 1.64. The van der Waals surface area contributed by atoms with E-state index >= 15 is 13.2 Å². The minimum Gasteiger partial charge on any atom is -0.492 e. The second-order valence-electron chi connectivity index (χ2n) is 26.6. The summed E-state index contributed by atoms with van der Waals surface area (Å²) < 4.78 is 83.1. The summed E-state index contributed by atoms with van der Waals surface area (Å²) >= 11 is 0. The Morgan fingerprint density at radius 1 is 0.742 bits per heavy atom. The maximum Gasteiger partial charge on any atom is 0.519 e. The van der Waals surface area contributed by atoms with Gasteiger partial charge in [0, 0.05) is 92.6 Å². The SMILES string of the molecule is COc1c(N2CCN(Cc3oc(=O)oc3CN3CCN(c4c(F)cc5c(=O)c(C(=O)OCC(=O)C6(O)C(C)CC7C8CCC9=CC(=O)C=CC9(C)C8(F)C(O)CC76C)cn(C6CC6)c5c4OC)CC3C)C(C)C2)c(F)cc2c(=O)c(C(=O)O)cn(C3CC3)c12. The molecule has 7 fully saturated rings. The van der Waals surface area contributed by atoms with E-state index < -0.39 is 110 Å². The van der Waals surface area contributed by atoms with E-state index in [0.29, 0.717) is 68.1 Å². The number of halogens is 3. The van der Waals surface area contributed by atoms with Gasteiger partial charge in [-0.15, -0.1) is 0 Å². The van der Waals surface area contributed by atoms with E-state index in [1.807, 2.05) is 23.6 Å². The van der Waals surface area contributed by atoms with Crippen molar-refractivity contribution in [2.45, 2.75) is 141 Å². The number of hydrogen-bond acceptors (Lipinski definition) is 18. The molecule has 13 rings (SSSR count). The van der Waals surface area contributed by atoms with Crippen LogP contribution in [-0.2, 0) is 27.4 Å². The number of aliphatic hydroxyl groups is 2. The first-order valence-electron chi connectivity index (χ1n) is 30.7. The van der Waals surface area contributed by atoms with E-state index in [2.05, 4.69) is 9.80 Å². The van der Waals surface area contributed by atoms with Crippen molar-refractivity contribution in [2.75, 3.05) is 69.9 Å². The van der Waals surface area contributed by atoms with E-state index in [0.717, 1.165) is 25.0 Å². The minimum absolute atomic E-state index is 0.0644. The summed E-state index contributed by atoms with van der Waals surface area (Å²) in [6, 6.07) is 1.41. The standard InChI is InChI=1S/C65H73F3N6O15/c1-32-20-44-43-13-8-35-21-38(75)14-15-62(35,4)64(43,68)49(76)24-63(44,5)65(32,84)50(77)31-87-60(82)42-28-74(37-11-12-37)52-40(56(42)79)23-46(67)54(58(52)86-7)72-19-17-70(34(3)26-72)30-48-47(88-61(83)89-48)29-69-16-18-71(25-33(69)2)53-45(66)22-39-51(57(53)85-6)73(36-9-10-36)27-41(55(39)78)59(80)81/h14-15,21-23,27-28,32-34,36-37,43-44,49,76,84H,8-13,16-20,24-26,29-31H2,1-7H3,(H,80,81). The van der Waals surface area contributed by atoms with Crippen LogP contribution in [0.4, 0.5) is 24.5 Å². The van der Waals surface area contributed by atoms with E-state index in [1.54, 1.807) is 29.9 Å². The summed E-state index contributed by atoms with van der Waals surface area (Å²) in [6.07, 6.45) is 8.86. The smallest absolute Gasteiger partial charge is 0.492 e. The van der Waals surface area contributed by atoms with Crippen molar-refractivity contribution in [1.82, 2.24) is 18.9 Å². The highest BCUT2D eigenvalue weighted by molar-refractivity contribution is 6.02. The molecule has 89 heavy (non-hydrogen) atoms. The van der Waals surface area contributed by atoms with Crippen LogP contribution in [0.1, 0.15) is 130 Å². The van der Waals surface area contributed by atoms with Crippen molar-refractivity contribution in [3.8, 4) is 11.5 Å². The summed E-state index contributed by atoms with van der Waals surface area (Å²) in [7, 11) is 2.77. The zero-order valence-electron chi connectivity index (χ0n) is 50.7. The number of carbonyl (C=O) groups excluding carboxylic acids is 3. The maximum atomic E-state index is 17.8. The molecule has 8 aliphatic rings. The minimum atomic E-state index is -2.19. The largest absolute Gasteiger partial charge is 0.519 e. The third-order valence-electron chi connectivity index (χ3n) is 21.7. The highest BCUT2D eigenvalue weighted by atomic mass is 19.1. The Balaban J connectivity index is 0.690. The summed E-state index contributed by atoms with van der Waals surface area (Å²) in [5.74, 6) is -7.32. The van der Waals surface area contributed by atoms with Crippen LogP contribution < -0.4 is 36.0 Å². The number of benzene rings is 2. The lowest BCUT2D eigenvalue weighted by atomic mass is 9.44. The van der Waals surface area contributed by atoms with Gasteiger partial charge >= 0.3 is 17.8 Å². The van der Waals surface area contributed by atoms with E-state index in [4.69, 9.17) is 23.0 Å². The van der Waals surface area contributed by atoms with Gasteiger partial charge in [0.05, 0.1) is 55.2 Å². The number of alkyl halides is 1. The predicted octanol–water partition coefficient (Wildman–Crippen LogP) is 7.02. The number of methoxy groups -OCH3 is 2. The molecule has 5 saturated carbocycles. The van der Waals surface area contributed by atoms with Crippen LogP contribution in [0.2, 0.25) is 0 Å². The lowest BCUT2D eigenvalue weighted by molar-refractivity contribution is -0.219. The molecule has 2 aliphatic heterocycles. The number of piperazine rings is 2. The Morgan fingerprint density at radius 2 is 1.26 bits per heavy atom. The first-order valence-corrected chi connectivity index (χ1v) is 30.7. The van der Waals surface area contributed by atoms with E-state index in [-0.39, 0.29) is 115 Å². The molecule has 474 valence electrons. The van der Waals surface area contributed by atoms with Gasteiger partial charge < -0.3 is 57.3 Å². The molecular weight excluding hydrogens is 1160 g/mol. The summed E-state index contributed by atoms with van der Waals surface area (Å²) in [4.78, 5) is 101. The topological polar surface area (TPSA) is 257 Å². The molecule has 5 heterocycles. The van der Waals surface area contributed by atoms with Crippen LogP contribution in [0, 0.1) is 40.2 Å². The molecule has 3 aromatic heterocycles. The number of ketones is 2. The molecule has 3 N–H and O–H groups in total. The van der Waals surface area contributed by atoms with Gasteiger partial charge in [-0.3, -0.25) is 29.0 Å². The quantitative estimate of drug-likeness (QED) is 0.0890. The van der Waals surface area contributed by atoms with Crippen LogP contribution in [0.25, 0.3) is 21.8 Å². The number of nitrogens with zero attached hydrogens (tertiary/aromatic N) is 6. The third-order valence-corrected chi connectivity index (χ3v) is 21.7. The van der Waals surface area contributed by atoms with Gasteiger partial charge in [-0.2, -0.15) is 0 Å². The van der Waals surface area contributed by atoms with Crippen molar-refractivity contribution in [3.05, 3.63) is 114 Å². The number of esters is 1. The number of fused-ring (bicyclic) bond motifs is 7. The first kappa shape index (κ1) is 60.4. The number of Topliss-reactive ketones (excluding diaryl/α,β-unsaturated/α-hetero) is 1. The molecule has 21 nitrogen and oxygen atoms in total. The average molecular weight is 1240 g/mol. The number of carboxylic acid groups (broad SMARTS) is 1. The number of carbonyl (C=O) groups is 4. The second kappa shape index (κ2) is 21.6. The highest BCUT2D eigenvalue weighted by Crippen LogP contribution is 2.71. The van der Waals surface area contributed by atoms with Crippen molar-refractivity contribution in [2.24, 2.45) is 28.6 Å². The molecule has 0 amide bonds. The molecule has 24 heteroatoms. The van der Waals surface area contributed by atoms with Crippen LogP contribution in [-0.4, -0.2) is 147 Å². The number of ether oxygens (including phenoxy) is 3. The molecular formula is C65H73F3N6O15. The number of allylic oxidation sites excluding steroid dienone is 4. The predicted molar refractivity (Wildman–Crippen MR) is 317 cm³/mol. The summed E-state index contributed by atoms with van der Waals surface area (Å²) in [6.45, 7) is 10.3. The van der Waals surface area contributed by atoms with Crippen LogP contribution in [0.15, 0.2) is 71.5 Å². The van der Waals surface area contributed by atoms with Crippen molar-refractivity contribution in [1.29, 1.82) is 0 Å². The summed E-state index contributed by atoms with van der Waals surface area (Å²) in [5, 5.41) is 34.0. The van der Waals surface area contributed by atoms with Gasteiger partial charge in [-0.25, -0.2) is 27.6 Å². The normalized spacial score (nSPS) is 30.5. The fourth-order valence-corrected chi connectivity index (χ4v) is 16.7. The Bertz CT molecular complexity index is 4090. The number of rotatable bonds is 15. The number of hydrogen-bond donors (Lipinski definition) is 3. The maximum absolute atomic E-state index is 17.8. The molecule has 6 aliphatic carbocycles. The van der Waals surface area contributed by atoms with Crippen molar-refractivity contribution < 1.29 is 70.7 Å². The number of carboxylic acids is 1. The van der Waals surface area contributed by atoms with Crippen molar-refractivity contribution >= 4 is 56.7 Å². The molecule has 10 atom stereocenters. The van der Waals surface area contributed by atoms with Gasteiger partial charge in [-0.05, 0) is 108 Å². The molecule has 5 aromatic rings. The Kier molecular flexibility index (Phi) is 14.6. The van der Waals surface area contributed by atoms with E-state index in [1.165, 1.54) is 44.8 Å². The molecule has 10 unspecified atom stereocenters. The van der Waals surface area contributed by atoms with Gasteiger partial charge in [0.15, 0.2) is 52.7 Å². The highest BCUT2D eigenvalue weighted by Gasteiger charge is 2.75. The molecule has 2 saturated heterocycles. The molecule has 2 aromatic carbocycles. The van der Waals surface area contributed by atoms with Crippen LogP contribution in [0.5, 0.6) is 11.5 Å². The number of pyridine rings is 2. The lowest BCUT2D eigenvalue weighted by Crippen LogP contribution is -2.69. The number of aromatic nitrogens is 2. The lowest BCUT2D eigenvalue weighted by Gasteiger charge is -2.62. The molecule has 0 spiro atoms. The fraction of sp³-hybridized carbons (Fsp3) is 0.554. The molecule has 0 bridgehead atoms. The van der Waals surface area contributed by atoms with Crippen LogP contribution >= 0.6 is 0 Å². The number of aliphatic hydroxyl groups excluding tert-OH is 1. The Morgan fingerprint density at radius 3 is 1.75 bits per heavy atom. The monoisotopic (exact) mass is 1230 g/mol. The second-order valence-corrected chi connectivity index (χ2v) is 26.6. The Labute approximate surface area is 508 Å². The van der Waals surface area contributed by atoms with E-state index in [9.17, 15) is 48.9 Å².